The fourth-order valence-corrected chi connectivity index (χ4v) is 2.54. The summed E-state index contributed by atoms with van der Waals surface area (Å²) in [5.41, 5.74) is 3.98. The third-order valence-corrected chi connectivity index (χ3v) is 4.38. The summed E-state index contributed by atoms with van der Waals surface area (Å²) in [4.78, 5) is 24.1. The molecule has 0 aliphatic heterocycles. The van der Waals surface area contributed by atoms with Gasteiger partial charge < -0.3 is 10.1 Å². The van der Waals surface area contributed by atoms with Crippen molar-refractivity contribution in [2.24, 2.45) is 0 Å². The van der Waals surface area contributed by atoms with Gasteiger partial charge in [0.1, 0.15) is 0 Å². The van der Waals surface area contributed by atoms with Gasteiger partial charge in [0, 0.05) is 11.6 Å². The Balaban J connectivity index is 1.84. The van der Waals surface area contributed by atoms with Gasteiger partial charge in [-0.2, -0.15) is 0 Å². The molecule has 0 saturated heterocycles. The van der Waals surface area contributed by atoms with Gasteiger partial charge in [0.15, 0.2) is 6.10 Å². The van der Waals surface area contributed by atoms with Crippen LogP contribution in [0.1, 0.15) is 29.2 Å². The van der Waals surface area contributed by atoms with Crippen molar-refractivity contribution in [3.63, 3.8) is 0 Å². The number of carbonyl (C=O) groups is 2. The highest BCUT2D eigenvalue weighted by atomic mass is 35.5. The molecule has 1 N–H and O–H groups in total. The zero-order valence-corrected chi connectivity index (χ0v) is 15.4. The summed E-state index contributed by atoms with van der Waals surface area (Å²) in [5.74, 6) is -0.781. The van der Waals surface area contributed by atoms with Gasteiger partial charge >= 0.3 is 5.97 Å². The van der Waals surface area contributed by atoms with Crippen LogP contribution in [-0.2, 0) is 27.3 Å². The van der Waals surface area contributed by atoms with Crippen LogP contribution >= 0.6 is 11.6 Å². The average Bonchev–Trinajstić information content (AvgIpc) is 2.57. The van der Waals surface area contributed by atoms with E-state index in [1.165, 1.54) is 5.56 Å². The summed E-state index contributed by atoms with van der Waals surface area (Å²) in [6.45, 7) is 5.86. The lowest BCUT2D eigenvalue weighted by Gasteiger charge is -2.14. The van der Waals surface area contributed by atoms with Crippen molar-refractivity contribution >= 4 is 23.5 Å². The quantitative estimate of drug-likeness (QED) is 0.799. The Morgan fingerprint density at radius 3 is 2.52 bits per heavy atom. The van der Waals surface area contributed by atoms with Crippen molar-refractivity contribution in [1.29, 1.82) is 0 Å². The highest BCUT2D eigenvalue weighted by Crippen LogP contribution is 2.14. The molecule has 2 aromatic carbocycles. The van der Waals surface area contributed by atoms with Crippen LogP contribution in [0.4, 0.5) is 0 Å². The van der Waals surface area contributed by atoms with Gasteiger partial charge in [-0.3, -0.25) is 9.59 Å². The maximum atomic E-state index is 12.1. The monoisotopic (exact) mass is 359 g/mol. The largest absolute Gasteiger partial charge is 0.452 e. The summed E-state index contributed by atoms with van der Waals surface area (Å²) in [7, 11) is 0. The first-order valence-electron chi connectivity index (χ1n) is 8.13. The molecule has 0 aliphatic rings. The van der Waals surface area contributed by atoms with Crippen LogP contribution in [0.15, 0.2) is 42.5 Å². The van der Waals surface area contributed by atoms with Gasteiger partial charge in [-0.05, 0) is 49.1 Å². The molecule has 0 fully saturated rings. The van der Waals surface area contributed by atoms with E-state index < -0.39 is 12.1 Å². The molecule has 2 rings (SSSR count). The lowest BCUT2D eigenvalue weighted by Crippen LogP contribution is -2.35. The normalized spacial score (nSPS) is 11.7. The molecule has 0 saturated carbocycles. The van der Waals surface area contributed by atoms with E-state index in [2.05, 4.69) is 5.32 Å². The van der Waals surface area contributed by atoms with E-state index in [0.29, 0.717) is 5.02 Å². The van der Waals surface area contributed by atoms with Gasteiger partial charge in [0.05, 0.1) is 6.42 Å². The molecule has 0 aromatic heterocycles. The molecule has 0 spiro atoms. The second kappa shape index (κ2) is 8.67. The molecule has 0 unspecified atom stereocenters. The van der Waals surface area contributed by atoms with Crippen molar-refractivity contribution in [2.75, 3.05) is 0 Å². The smallest absolute Gasteiger partial charge is 0.311 e. The number of halogens is 1. The summed E-state index contributed by atoms with van der Waals surface area (Å²) in [5, 5.41) is 3.31. The molecule has 5 heteroatoms. The van der Waals surface area contributed by atoms with E-state index in [4.69, 9.17) is 16.3 Å². The molecule has 0 radical (unpaired) electrons. The fraction of sp³-hybridized carbons (Fsp3) is 0.300. The minimum atomic E-state index is -0.860. The SMILES string of the molecule is Cc1ccc(CC(=O)O[C@H](C)C(=O)NCc2ccccc2Cl)cc1C. The van der Waals surface area contributed by atoms with Crippen molar-refractivity contribution in [3.05, 3.63) is 69.7 Å². The van der Waals surface area contributed by atoms with Gasteiger partial charge in [0.2, 0.25) is 0 Å². The second-order valence-corrected chi connectivity index (χ2v) is 6.44. The molecule has 1 atom stereocenters. The number of esters is 1. The Kier molecular flexibility index (Phi) is 6.59. The number of benzene rings is 2. The van der Waals surface area contributed by atoms with Crippen LogP contribution in [0.25, 0.3) is 0 Å². The number of rotatable bonds is 6. The maximum absolute atomic E-state index is 12.1. The van der Waals surface area contributed by atoms with Gasteiger partial charge in [-0.15, -0.1) is 0 Å². The standard InChI is InChI=1S/C20H22ClNO3/c1-13-8-9-16(10-14(13)2)11-19(23)25-15(3)20(24)22-12-17-6-4-5-7-18(17)21/h4-10,15H,11-12H2,1-3H3,(H,22,24)/t15-/m1/s1. The van der Waals surface area contributed by atoms with E-state index in [0.717, 1.165) is 16.7 Å². The molecular weight excluding hydrogens is 338 g/mol. The first-order chi connectivity index (χ1) is 11.9. The van der Waals surface area contributed by atoms with E-state index in [-0.39, 0.29) is 18.9 Å². The maximum Gasteiger partial charge on any atom is 0.311 e. The minimum absolute atomic E-state index is 0.142. The van der Waals surface area contributed by atoms with Crippen molar-refractivity contribution in [1.82, 2.24) is 5.32 Å². The molecule has 132 valence electrons. The molecule has 0 heterocycles. The molecule has 0 aliphatic carbocycles. The highest BCUT2D eigenvalue weighted by molar-refractivity contribution is 6.31. The third-order valence-electron chi connectivity index (χ3n) is 4.01. The summed E-state index contributed by atoms with van der Waals surface area (Å²) < 4.78 is 5.22. The van der Waals surface area contributed by atoms with Gasteiger partial charge in [-0.25, -0.2) is 0 Å². The van der Waals surface area contributed by atoms with E-state index in [1.807, 2.05) is 50.2 Å². The number of aryl methyl sites for hydroxylation is 2. The lowest BCUT2D eigenvalue weighted by molar-refractivity contribution is -0.154. The van der Waals surface area contributed by atoms with Crippen LogP contribution < -0.4 is 5.32 Å². The number of carbonyl (C=O) groups excluding carboxylic acids is 2. The van der Waals surface area contributed by atoms with Crippen molar-refractivity contribution < 1.29 is 14.3 Å². The average molecular weight is 360 g/mol. The highest BCUT2D eigenvalue weighted by Gasteiger charge is 2.18. The first-order valence-corrected chi connectivity index (χ1v) is 8.51. The van der Waals surface area contributed by atoms with E-state index in [9.17, 15) is 9.59 Å². The van der Waals surface area contributed by atoms with Crippen LogP contribution in [0.5, 0.6) is 0 Å². The zero-order valence-electron chi connectivity index (χ0n) is 14.6. The van der Waals surface area contributed by atoms with Crippen molar-refractivity contribution in [2.45, 2.75) is 39.8 Å². The van der Waals surface area contributed by atoms with E-state index >= 15 is 0 Å². The summed E-state index contributed by atoms with van der Waals surface area (Å²) in [6, 6.07) is 13.1. The van der Waals surface area contributed by atoms with Crippen LogP contribution in [0.3, 0.4) is 0 Å². The fourth-order valence-electron chi connectivity index (χ4n) is 2.34. The number of amides is 1. The second-order valence-electron chi connectivity index (χ2n) is 6.04. The molecular formula is C20H22ClNO3. The Labute approximate surface area is 153 Å². The minimum Gasteiger partial charge on any atom is -0.452 e. The Bertz CT molecular complexity index is 773. The number of hydrogen-bond acceptors (Lipinski definition) is 3. The van der Waals surface area contributed by atoms with Crippen LogP contribution in [0.2, 0.25) is 5.02 Å². The Hall–Kier alpha value is -2.33. The lowest BCUT2D eigenvalue weighted by atomic mass is 10.0. The van der Waals surface area contributed by atoms with Crippen LogP contribution in [0, 0.1) is 13.8 Å². The predicted molar refractivity (Wildman–Crippen MR) is 98.5 cm³/mol. The van der Waals surface area contributed by atoms with Gasteiger partial charge in [0.25, 0.3) is 5.91 Å². The predicted octanol–water partition coefficient (Wildman–Crippen LogP) is 3.75. The topological polar surface area (TPSA) is 55.4 Å². The molecule has 1 amide bonds. The van der Waals surface area contributed by atoms with Crippen molar-refractivity contribution in [3.8, 4) is 0 Å². The zero-order chi connectivity index (χ0) is 18.4. The summed E-state index contributed by atoms with van der Waals surface area (Å²) in [6.07, 6.45) is -0.718. The van der Waals surface area contributed by atoms with E-state index in [1.54, 1.807) is 13.0 Å². The molecule has 4 nitrogen and oxygen atoms in total. The van der Waals surface area contributed by atoms with Gasteiger partial charge in [-0.1, -0.05) is 48.0 Å². The third kappa shape index (κ3) is 5.61. The Morgan fingerprint density at radius 2 is 1.84 bits per heavy atom. The molecule has 0 bridgehead atoms. The van der Waals surface area contributed by atoms with Crippen LogP contribution in [-0.4, -0.2) is 18.0 Å². The number of hydrogen-bond donors (Lipinski definition) is 1. The number of ether oxygens (including phenoxy) is 1. The number of nitrogens with one attached hydrogen (secondary N) is 1. The molecule has 25 heavy (non-hydrogen) atoms. The molecule has 2 aromatic rings. The first kappa shape index (κ1) is 19.0. The Morgan fingerprint density at radius 1 is 1.12 bits per heavy atom. The summed E-state index contributed by atoms with van der Waals surface area (Å²) >= 11 is 6.05.